The Hall–Kier alpha value is -2.14. The Morgan fingerprint density at radius 1 is 1.17 bits per heavy atom. The van der Waals surface area contributed by atoms with E-state index < -0.39 is 0 Å². The van der Waals surface area contributed by atoms with Gasteiger partial charge in [-0.15, -0.1) is 0 Å². The van der Waals surface area contributed by atoms with Gasteiger partial charge >= 0.3 is 0 Å². The van der Waals surface area contributed by atoms with E-state index in [1.54, 1.807) is 24.3 Å². The topological polar surface area (TPSA) is 55.3 Å². The Balaban J connectivity index is 1.74. The SMILES string of the molecule is Cc1nc(N2CCCC2)nc(OCC(=O)c2ccc(Cl)cc2)c1C. The average molecular weight is 346 g/mol. The molecule has 6 heteroatoms. The molecule has 2 heterocycles. The molecule has 0 atom stereocenters. The number of benzene rings is 1. The molecule has 5 nitrogen and oxygen atoms in total. The van der Waals surface area contributed by atoms with E-state index in [4.69, 9.17) is 16.3 Å². The Labute approximate surface area is 146 Å². The summed E-state index contributed by atoms with van der Waals surface area (Å²) < 4.78 is 5.70. The standard InChI is InChI=1S/C18H20ClN3O2/c1-12-13(2)20-18(22-9-3-4-10-22)21-17(12)24-11-16(23)14-5-7-15(19)8-6-14/h5-8H,3-4,9-11H2,1-2H3. The molecule has 3 rings (SSSR count). The molecule has 0 spiro atoms. The fourth-order valence-electron chi connectivity index (χ4n) is 2.64. The van der Waals surface area contributed by atoms with Crippen molar-refractivity contribution in [1.29, 1.82) is 0 Å². The second-order valence-electron chi connectivity index (χ2n) is 5.95. The summed E-state index contributed by atoms with van der Waals surface area (Å²) >= 11 is 5.84. The fourth-order valence-corrected chi connectivity index (χ4v) is 2.77. The number of carbonyl (C=O) groups is 1. The lowest BCUT2D eigenvalue weighted by Gasteiger charge is -2.18. The number of Topliss-reactive ketones (excluding diaryl/α,β-unsaturated/α-hetero) is 1. The fraction of sp³-hybridized carbons (Fsp3) is 0.389. The minimum Gasteiger partial charge on any atom is -0.469 e. The molecule has 1 aromatic carbocycles. The number of halogens is 1. The van der Waals surface area contributed by atoms with Crippen LogP contribution >= 0.6 is 11.6 Å². The van der Waals surface area contributed by atoms with Crippen LogP contribution in [0.1, 0.15) is 34.5 Å². The Kier molecular flexibility index (Phi) is 5.00. The zero-order chi connectivity index (χ0) is 17.1. The highest BCUT2D eigenvalue weighted by Gasteiger charge is 2.19. The summed E-state index contributed by atoms with van der Waals surface area (Å²) in [6.07, 6.45) is 2.31. The van der Waals surface area contributed by atoms with Gasteiger partial charge in [0, 0.05) is 34.9 Å². The number of nitrogens with zero attached hydrogens (tertiary/aromatic N) is 3. The molecule has 0 amide bonds. The second kappa shape index (κ2) is 7.18. The molecule has 1 aliphatic rings. The predicted octanol–water partition coefficient (Wildman–Crippen LogP) is 3.61. The van der Waals surface area contributed by atoms with Crippen LogP contribution in [0.4, 0.5) is 5.95 Å². The van der Waals surface area contributed by atoms with Crippen LogP contribution in [0.5, 0.6) is 5.88 Å². The van der Waals surface area contributed by atoms with Crippen molar-refractivity contribution in [3.8, 4) is 5.88 Å². The number of hydrogen-bond acceptors (Lipinski definition) is 5. The highest BCUT2D eigenvalue weighted by atomic mass is 35.5. The number of ketones is 1. The van der Waals surface area contributed by atoms with E-state index in [0.717, 1.165) is 37.2 Å². The first-order valence-electron chi connectivity index (χ1n) is 8.06. The minimum absolute atomic E-state index is 0.0572. The van der Waals surface area contributed by atoms with Crippen molar-refractivity contribution < 1.29 is 9.53 Å². The normalized spacial score (nSPS) is 14.0. The molecule has 126 valence electrons. The third kappa shape index (κ3) is 3.67. The number of aryl methyl sites for hydroxylation is 1. The van der Waals surface area contributed by atoms with Gasteiger partial charge in [0.2, 0.25) is 11.8 Å². The molecule has 0 unspecified atom stereocenters. The summed E-state index contributed by atoms with van der Waals surface area (Å²) in [5.41, 5.74) is 2.31. The lowest BCUT2D eigenvalue weighted by Crippen LogP contribution is -2.22. The molecule has 0 aliphatic carbocycles. The van der Waals surface area contributed by atoms with Gasteiger partial charge in [-0.3, -0.25) is 4.79 Å². The van der Waals surface area contributed by atoms with E-state index in [1.807, 2.05) is 13.8 Å². The first-order valence-corrected chi connectivity index (χ1v) is 8.44. The maximum absolute atomic E-state index is 12.2. The Morgan fingerprint density at radius 2 is 1.83 bits per heavy atom. The van der Waals surface area contributed by atoms with Gasteiger partial charge in [-0.05, 0) is 51.0 Å². The summed E-state index contributed by atoms with van der Waals surface area (Å²) in [6, 6.07) is 6.78. The first-order chi connectivity index (χ1) is 11.5. The van der Waals surface area contributed by atoms with Gasteiger partial charge in [0.15, 0.2) is 12.4 Å². The highest BCUT2D eigenvalue weighted by molar-refractivity contribution is 6.30. The number of aromatic nitrogens is 2. The van der Waals surface area contributed by atoms with Gasteiger partial charge in [0.25, 0.3) is 0 Å². The van der Waals surface area contributed by atoms with Crippen LogP contribution in [-0.2, 0) is 0 Å². The lowest BCUT2D eigenvalue weighted by molar-refractivity contribution is 0.0917. The van der Waals surface area contributed by atoms with E-state index in [9.17, 15) is 4.79 Å². The van der Waals surface area contributed by atoms with Gasteiger partial charge in [-0.2, -0.15) is 4.98 Å². The summed E-state index contributed by atoms with van der Waals surface area (Å²) in [7, 11) is 0. The van der Waals surface area contributed by atoms with Crippen LogP contribution in [0.2, 0.25) is 5.02 Å². The van der Waals surface area contributed by atoms with Gasteiger partial charge < -0.3 is 9.64 Å². The maximum atomic E-state index is 12.2. The van der Waals surface area contributed by atoms with Crippen LogP contribution in [0, 0.1) is 13.8 Å². The summed E-state index contributed by atoms with van der Waals surface area (Å²) in [4.78, 5) is 23.5. The molecule has 1 saturated heterocycles. The van der Waals surface area contributed by atoms with Crippen molar-refractivity contribution in [3.63, 3.8) is 0 Å². The second-order valence-corrected chi connectivity index (χ2v) is 6.39. The molecule has 0 radical (unpaired) electrons. The smallest absolute Gasteiger partial charge is 0.228 e. The van der Waals surface area contributed by atoms with E-state index in [-0.39, 0.29) is 12.4 Å². The van der Waals surface area contributed by atoms with Crippen LogP contribution in [-0.4, -0.2) is 35.4 Å². The largest absolute Gasteiger partial charge is 0.469 e. The molecule has 1 aromatic heterocycles. The summed E-state index contributed by atoms with van der Waals surface area (Å²) in [5.74, 6) is 1.06. The molecule has 0 N–H and O–H groups in total. The molecule has 24 heavy (non-hydrogen) atoms. The molecule has 1 aliphatic heterocycles. The van der Waals surface area contributed by atoms with Gasteiger partial charge in [0.05, 0.1) is 0 Å². The average Bonchev–Trinajstić information content (AvgIpc) is 3.11. The Bertz CT molecular complexity index is 741. The molecular formula is C18H20ClN3O2. The number of rotatable bonds is 5. The van der Waals surface area contributed by atoms with Crippen LogP contribution in [0.25, 0.3) is 0 Å². The highest BCUT2D eigenvalue weighted by Crippen LogP contribution is 2.24. The van der Waals surface area contributed by atoms with E-state index >= 15 is 0 Å². The van der Waals surface area contributed by atoms with Crippen molar-refractivity contribution in [2.75, 3.05) is 24.6 Å². The number of anilines is 1. The molecule has 1 fully saturated rings. The van der Waals surface area contributed by atoms with Gasteiger partial charge in [-0.1, -0.05) is 11.6 Å². The van der Waals surface area contributed by atoms with Crippen molar-refractivity contribution in [3.05, 3.63) is 46.1 Å². The van der Waals surface area contributed by atoms with Crippen LogP contribution in [0.3, 0.4) is 0 Å². The summed E-state index contributed by atoms with van der Waals surface area (Å²) in [6.45, 7) is 5.71. The Morgan fingerprint density at radius 3 is 2.50 bits per heavy atom. The third-order valence-corrected chi connectivity index (χ3v) is 4.48. The zero-order valence-corrected chi connectivity index (χ0v) is 14.6. The quantitative estimate of drug-likeness (QED) is 0.775. The molecule has 0 saturated carbocycles. The lowest BCUT2D eigenvalue weighted by atomic mass is 10.1. The first kappa shape index (κ1) is 16.7. The van der Waals surface area contributed by atoms with E-state index in [2.05, 4.69) is 14.9 Å². The van der Waals surface area contributed by atoms with E-state index in [0.29, 0.717) is 22.4 Å². The monoisotopic (exact) mass is 345 g/mol. The molecule has 0 bridgehead atoms. The molecule has 2 aromatic rings. The van der Waals surface area contributed by atoms with Crippen molar-refractivity contribution in [1.82, 2.24) is 9.97 Å². The third-order valence-electron chi connectivity index (χ3n) is 4.23. The molecular weight excluding hydrogens is 326 g/mol. The maximum Gasteiger partial charge on any atom is 0.228 e. The van der Waals surface area contributed by atoms with Crippen LogP contribution < -0.4 is 9.64 Å². The zero-order valence-electron chi connectivity index (χ0n) is 13.9. The predicted molar refractivity (Wildman–Crippen MR) is 94.2 cm³/mol. The summed E-state index contributed by atoms with van der Waals surface area (Å²) in [5, 5.41) is 0.602. The van der Waals surface area contributed by atoms with Crippen LogP contribution in [0.15, 0.2) is 24.3 Å². The number of carbonyl (C=O) groups excluding carboxylic acids is 1. The number of ether oxygens (including phenoxy) is 1. The minimum atomic E-state index is -0.106. The van der Waals surface area contributed by atoms with Crippen molar-refractivity contribution in [2.45, 2.75) is 26.7 Å². The van der Waals surface area contributed by atoms with Crippen molar-refractivity contribution in [2.24, 2.45) is 0 Å². The van der Waals surface area contributed by atoms with Crippen molar-refractivity contribution >= 4 is 23.3 Å². The van der Waals surface area contributed by atoms with Gasteiger partial charge in [0.1, 0.15) is 0 Å². The van der Waals surface area contributed by atoms with E-state index in [1.165, 1.54) is 0 Å². The van der Waals surface area contributed by atoms with Gasteiger partial charge in [-0.25, -0.2) is 4.98 Å². The number of hydrogen-bond donors (Lipinski definition) is 0.